The number of hydrogen-bond donors (Lipinski definition) is 1. The van der Waals surface area contributed by atoms with Crippen LogP contribution in [0.5, 0.6) is 0 Å². The van der Waals surface area contributed by atoms with Crippen LogP contribution in [0.4, 0.5) is 0 Å². The van der Waals surface area contributed by atoms with Crippen LogP contribution in [-0.4, -0.2) is 11.1 Å². The summed E-state index contributed by atoms with van der Waals surface area (Å²) in [6, 6.07) is 2.98. The lowest BCUT2D eigenvalue weighted by Gasteiger charge is -2.08. The average molecular weight is 311 g/mol. The van der Waals surface area contributed by atoms with Gasteiger partial charge < -0.3 is 5.11 Å². The fraction of sp³-hybridized carbons (Fsp3) is 0. The molecule has 0 unspecified atom stereocenters. The zero-order valence-electron chi connectivity index (χ0n) is 7.97. The molecule has 0 fully saturated rings. The van der Waals surface area contributed by atoms with E-state index in [0.29, 0.717) is 6.08 Å². The van der Waals surface area contributed by atoms with Crippen molar-refractivity contribution < 1.29 is 9.90 Å². The summed E-state index contributed by atoms with van der Waals surface area (Å²) in [6.45, 7) is 0. The molecule has 0 aromatic heterocycles. The molecule has 0 radical (unpaired) electrons. The molecule has 7 heteroatoms. The molecule has 3 nitrogen and oxygen atoms in total. The van der Waals surface area contributed by atoms with Crippen LogP contribution < -0.4 is 0 Å². The second kappa shape index (κ2) is 5.61. The monoisotopic (exact) mass is 309 g/mol. The van der Waals surface area contributed by atoms with Gasteiger partial charge in [-0.05, 0) is 6.07 Å². The van der Waals surface area contributed by atoms with Crippen molar-refractivity contribution in [1.82, 2.24) is 0 Å². The van der Waals surface area contributed by atoms with Gasteiger partial charge >= 0.3 is 5.97 Å². The smallest absolute Gasteiger partial charge is 0.329 e. The largest absolute Gasteiger partial charge is 0.478 e. The fourth-order valence-corrected chi connectivity index (χ4v) is 2.21. The quantitative estimate of drug-likeness (QED) is 0.383. The van der Waals surface area contributed by atoms with Crippen molar-refractivity contribution in [3.63, 3.8) is 0 Å². The van der Waals surface area contributed by atoms with Crippen molar-refractivity contribution in [2.45, 2.75) is 0 Å². The first-order valence-electron chi connectivity index (χ1n) is 4.06. The normalized spacial score (nSPS) is 11.1. The molecule has 0 aliphatic carbocycles. The molecule has 0 aliphatic rings. The van der Waals surface area contributed by atoms with Crippen LogP contribution in [0.1, 0.15) is 5.56 Å². The summed E-state index contributed by atoms with van der Waals surface area (Å²) in [5.41, 5.74) is -0.154. The maximum Gasteiger partial charge on any atom is 0.329 e. The third kappa shape index (κ3) is 3.05. The van der Waals surface area contributed by atoms with Crippen molar-refractivity contribution in [2.24, 2.45) is 0 Å². The first kappa shape index (κ1) is 14.1. The van der Waals surface area contributed by atoms with Crippen molar-refractivity contribution >= 4 is 57.9 Å². The maximum absolute atomic E-state index is 10.5. The molecule has 88 valence electrons. The molecule has 17 heavy (non-hydrogen) atoms. The minimum atomic E-state index is -1.29. The van der Waals surface area contributed by atoms with Gasteiger partial charge in [0.1, 0.15) is 6.07 Å². The summed E-state index contributed by atoms with van der Waals surface area (Å²) >= 11 is 23.2. The molecule has 0 bridgehead atoms. The van der Waals surface area contributed by atoms with Crippen molar-refractivity contribution in [3.05, 3.63) is 37.8 Å². The number of nitrogens with zero attached hydrogens (tertiary/aromatic N) is 1. The molecule has 0 saturated carbocycles. The molecule has 1 aromatic rings. The predicted octanol–water partition coefficient (Wildman–Crippen LogP) is 4.29. The lowest BCUT2D eigenvalue weighted by molar-refractivity contribution is -0.131. The number of carboxylic acid groups (broad SMARTS) is 1. The number of carboxylic acids is 1. The van der Waals surface area contributed by atoms with E-state index in [1.54, 1.807) is 6.07 Å². The summed E-state index contributed by atoms with van der Waals surface area (Å²) in [7, 11) is 0. The number of hydrogen-bond acceptors (Lipinski definition) is 2. The Bertz CT molecular complexity index is 560. The minimum Gasteiger partial charge on any atom is -0.478 e. The molecule has 1 aromatic carbocycles. The Morgan fingerprint density at radius 1 is 1.24 bits per heavy atom. The van der Waals surface area contributed by atoms with Crippen molar-refractivity contribution in [2.75, 3.05) is 0 Å². The van der Waals surface area contributed by atoms with E-state index >= 15 is 0 Å². The second-order valence-electron chi connectivity index (χ2n) is 2.85. The highest BCUT2D eigenvalue weighted by Gasteiger charge is 2.17. The van der Waals surface area contributed by atoms with Gasteiger partial charge in [-0.1, -0.05) is 46.4 Å². The van der Waals surface area contributed by atoms with Gasteiger partial charge in [0.15, 0.2) is 0 Å². The number of halogens is 4. The van der Waals surface area contributed by atoms with Crippen LogP contribution >= 0.6 is 46.4 Å². The number of carbonyl (C=O) groups is 1. The highest BCUT2D eigenvalue weighted by atomic mass is 35.5. The summed E-state index contributed by atoms with van der Waals surface area (Å²) < 4.78 is 0. The van der Waals surface area contributed by atoms with E-state index in [4.69, 9.17) is 56.8 Å². The second-order valence-corrected chi connectivity index (χ2v) is 4.42. The third-order valence-corrected chi connectivity index (χ3v) is 3.33. The number of aliphatic carboxylic acids is 1. The summed E-state index contributed by atoms with van der Waals surface area (Å²) in [5, 5.41) is 17.6. The van der Waals surface area contributed by atoms with E-state index in [-0.39, 0.29) is 31.2 Å². The Morgan fingerprint density at radius 2 is 1.82 bits per heavy atom. The highest BCUT2D eigenvalue weighted by Crippen LogP contribution is 2.40. The molecular weight excluding hydrogens is 308 g/mol. The molecule has 0 heterocycles. The number of rotatable bonds is 2. The lowest BCUT2D eigenvalue weighted by atomic mass is 10.1. The van der Waals surface area contributed by atoms with Crippen LogP contribution in [0, 0.1) is 11.3 Å². The highest BCUT2D eigenvalue weighted by molar-refractivity contribution is 6.50. The molecule has 0 amide bonds. The van der Waals surface area contributed by atoms with Crippen molar-refractivity contribution in [1.29, 1.82) is 5.26 Å². The van der Waals surface area contributed by atoms with E-state index in [0.717, 1.165) is 0 Å². The molecule has 0 saturated heterocycles. The van der Waals surface area contributed by atoms with Gasteiger partial charge in [0, 0.05) is 11.6 Å². The summed E-state index contributed by atoms with van der Waals surface area (Å²) in [6.07, 6.45) is 0.692. The molecular formula is C10H3Cl4NO2. The third-order valence-electron chi connectivity index (χ3n) is 1.77. The van der Waals surface area contributed by atoms with Crippen molar-refractivity contribution in [3.8, 4) is 6.07 Å². The molecule has 1 N–H and O–H groups in total. The lowest BCUT2D eigenvalue weighted by Crippen LogP contribution is -1.93. The topological polar surface area (TPSA) is 61.1 Å². The summed E-state index contributed by atoms with van der Waals surface area (Å²) in [4.78, 5) is 10.5. The Hall–Kier alpha value is -0.920. The van der Waals surface area contributed by atoms with Crippen LogP contribution in [0.2, 0.25) is 20.1 Å². The zero-order chi connectivity index (χ0) is 13.2. The Kier molecular flexibility index (Phi) is 4.67. The maximum atomic E-state index is 10.5. The SMILES string of the molecule is N#CC(=CC(=O)O)c1c(Cl)cc(Cl)c(Cl)c1Cl. The van der Waals surface area contributed by atoms with Gasteiger partial charge in [0.25, 0.3) is 0 Å². The van der Waals surface area contributed by atoms with E-state index in [1.165, 1.54) is 6.07 Å². The standard InChI is InChI=1S/C10H3Cl4NO2/c11-5-2-6(12)9(13)10(14)8(5)4(3-15)1-7(16)17/h1-2H,(H,16,17). The van der Waals surface area contributed by atoms with Crippen LogP contribution in [-0.2, 0) is 4.79 Å². The Morgan fingerprint density at radius 3 is 2.29 bits per heavy atom. The molecule has 0 aliphatic heterocycles. The van der Waals surface area contributed by atoms with Gasteiger partial charge in [0.2, 0.25) is 0 Å². The Balaban J connectivity index is 3.57. The van der Waals surface area contributed by atoms with E-state index in [9.17, 15) is 4.79 Å². The first-order chi connectivity index (χ1) is 7.88. The van der Waals surface area contributed by atoms with Gasteiger partial charge in [0.05, 0.1) is 25.7 Å². The Labute approximate surface area is 117 Å². The first-order valence-corrected chi connectivity index (χ1v) is 5.57. The van der Waals surface area contributed by atoms with E-state index < -0.39 is 5.97 Å². The van der Waals surface area contributed by atoms with Crippen LogP contribution in [0.3, 0.4) is 0 Å². The number of nitriles is 1. The van der Waals surface area contributed by atoms with E-state index in [2.05, 4.69) is 0 Å². The molecule has 1 rings (SSSR count). The van der Waals surface area contributed by atoms with Gasteiger partial charge in [-0.15, -0.1) is 0 Å². The van der Waals surface area contributed by atoms with Gasteiger partial charge in [-0.2, -0.15) is 5.26 Å². The number of benzene rings is 1. The average Bonchev–Trinajstić information content (AvgIpc) is 2.24. The van der Waals surface area contributed by atoms with Gasteiger partial charge in [-0.3, -0.25) is 0 Å². The zero-order valence-corrected chi connectivity index (χ0v) is 11.0. The fourth-order valence-electron chi connectivity index (χ4n) is 1.10. The number of allylic oxidation sites excluding steroid dienone is 1. The van der Waals surface area contributed by atoms with Crippen LogP contribution in [0.15, 0.2) is 12.1 Å². The van der Waals surface area contributed by atoms with Crippen LogP contribution in [0.25, 0.3) is 5.57 Å². The minimum absolute atomic E-state index is 0.0132. The summed E-state index contributed by atoms with van der Waals surface area (Å²) in [5.74, 6) is -1.29. The predicted molar refractivity (Wildman–Crippen MR) is 67.7 cm³/mol. The molecule has 0 spiro atoms. The van der Waals surface area contributed by atoms with Gasteiger partial charge in [-0.25, -0.2) is 4.79 Å². The van der Waals surface area contributed by atoms with E-state index in [1.807, 2.05) is 0 Å². The molecule has 0 atom stereocenters.